The molecule has 1 aromatic carbocycles. The molecule has 1 saturated heterocycles. The maximum Gasteiger partial charge on any atom is 0.341 e. The number of benzene rings is 1. The van der Waals surface area contributed by atoms with Gasteiger partial charge in [-0.15, -0.1) is 0 Å². The zero-order valence-electron chi connectivity index (χ0n) is 11.3. The van der Waals surface area contributed by atoms with E-state index in [-0.39, 0.29) is 10.9 Å². The van der Waals surface area contributed by atoms with E-state index in [1.54, 1.807) is 0 Å². The summed E-state index contributed by atoms with van der Waals surface area (Å²) in [6.07, 6.45) is 1.58. The summed E-state index contributed by atoms with van der Waals surface area (Å²) in [4.78, 5) is 10.5. The molecule has 116 valence electrons. The Morgan fingerprint density at radius 3 is 2.67 bits per heavy atom. The Labute approximate surface area is 122 Å². The first-order chi connectivity index (χ1) is 9.97. The molecule has 2 rings (SSSR count). The number of carboxylic acid groups (broad SMARTS) is 1. The molecule has 0 aromatic heterocycles. The normalized spacial score (nSPS) is 19.1. The Bertz CT molecular complexity index is 577. The van der Waals surface area contributed by atoms with Crippen molar-refractivity contribution in [2.24, 2.45) is 0 Å². The predicted molar refractivity (Wildman–Crippen MR) is 73.7 cm³/mol. The van der Waals surface area contributed by atoms with Gasteiger partial charge in [-0.05, 0) is 37.1 Å². The molecule has 7 nitrogen and oxygen atoms in total. The molecular formula is C13H17NO6S. The predicted octanol–water partition coefficient (Wildman–Crippen LogP) is 0.607. The molecule has 0 radical (unpaired) electrons. The van der Waals surface area contributed by atoms with Crippen LogP contribution in [0.3, 0.4) is 0 Å². The summed E-state index contributed by atoms with van der Waals surface area (Å²) in [6, 6.07) is 5.39. The van der Waals surface area contributed by atoms with E-state index in [0.717, 1.165) is 12.8 Å². The van der Waals surface area contributed by atoms with Crippen molar-refractivity contribution in [3.8, 4) is 5.75 Å². The summed E-state index contributed by atoms with van der Waals surface area (Å²) in [6.45, 7) is 0.566. The Hall–Kier alpha value is -1.64. The molecule has 21 heavy (non-hydrogen) atoms. The number of carbonyl (C=O) groups is 1. The Balaban J connectivity index is 2.00. The summed E-state index contributed by atoms with van der Waals surface area (Å²) in [5.74, 6) is -0.789. The number of nitrogens with one attached hydrogen (secondary N) is 1. The second-order valence-corrected chi connectivity index (χ2v) is 6.40. The number of sulfonamides is 1. The minimum atomic E-state index is -3.61. The second kappa shape index (κ2) is 6.88. The van der Waals surface area contributed by atoms with Crippen LogP contribution >= 0.6 is 0 Å². The maximum atomic E-state index is 12.2. The van der Waals surface area contributed by atoms with Crippen molar-refractivity contribution in [3.05, 3.63) is 24.3 Å². The fourth-order valence-electron chi connectivity index (χ4n) is 1.98. The summed E-state index contributed by atoms with van der Waals surface area (Å²) in [5, 5.41) is 8.50. The molecule has 1 heterocycles. The number of hydrogen-bond acceptors (Lipinski definition) is 5. The van der Waals surface area contributed by atoms with Crippen molar-refractivity contribution in [1.82, 2.24) is 4.72 Å². The third-order valence-electron chi connectivity index (χ3n) is 2.98. The van der Waals surface area contributed by atoms with Crippen LogP contribution in [0.4, 0.5) is 0 Å². The van der Waals surface area contributed by atoms with Crippen LogP contribution in [0, 0.1) is 0 Å². The fourth-order valence-corrected chi connectivity index (χ4v) is 3.24. The minimum absolute atomic E-state index is 0.107. The van der Waals surface area contributed by atoms with Crippen LogP contribution < -0.4 is 9.46 Å². The molecule has 1 aliphatic heterocycles. The lowest BCUT2D eigenvalue weighted by atomic mass is 10.1. The second-order valence-electron chi connectivity index (χ2n) is 4.69. The van der Waals surface area contributed by atoms with Crippen LogP contribution in [0.15, 0.2) is 29.2 Å². The highest BCUT2D eigenvalue weighted by Gasteiger charge is 2.22. The average Bonchev–Trinajstić information content (AvgIpc) is 2.46. The average molecular weight is 315 g/mol. The van der Waals surface area contributed by atoms with Gasteiger partial charge in [0.1, 0.15) is 5.75 Å². The molecule has 1 atom stereocenters. The van der Waals surface area contributed by atoms with Gasteiger partial charge in [-0.3, -0.25) is 0 Å². The van der Waals surface area contributed by atoms with Gasteiger partial charge in [-0.25, -0.2) is 17.9 Å². The molecule has 1 unspecified atom stereocenters. The smallest absolute Gasteiger partial charge is 0.341 e. The van der Waals surface area contributed by atoms with Gasteiger partial charge in [0.15, 0.2) is 6.61 Å². The van der Waals surface area contributed by atoms with E-state index in [2.05, 4.69) is 4.72 Å². The first-order valence-corrected chi connectivity index (χ1v) is 8.00. The highest BCUT2D eigenvalue weighted by Crippen LogP contribution is 2.17. The van der Waals surface area contributed by atoms with Gasteiger partial charge in [-0.1, -0.05) is 0 Å². The van der Waals surface area contributed by atoms with Gasteiger partial charge in [0.25, 0.3) is 0 Å². The molecule has 8 heteroatoms. The number of aliphatic carboxylic acids is 1. The van der Waals surface area contributed by atoms with Crippen LogP contribution in [-0.2, 0) is 19.6 Å². The van der Waals surface area contributed by atoms with Crippen molar-refractivity contribution >= 4 is 16.0 Å². The van der Waals surface area contributed by atoms with Crippen LogP contribution in [0.2, 0.25) is 0 Å². The number of ether oxygens (including phenoxy) is 2. The van der Waals surface area contributed by atoms with Gasteiger partial charge in [-0.2, -0.15) is 0 Å². The number of carboxylic acids is 1. The monoisotopic (exact) mass is 315 g/mol. The van der Waals surface area contributed by atoms with E-state index in [1.807, 2.05) is 0 Å². The van der Waals surface area contributed by atoms with E-state index < -0.39 is 22.6 Å². The third-order valence-corrected chi connectivity index (χ3v) is 4.51. The number of rotatable bonds is 6. The highest BCUT2D eigenvalue weighted by molar-refractivity contribution is 7.89. The zero-order valence-corrected chi connectivity index (χ0v) is 12.1. The molecule has 2 N–H and O–H groups in total. The SMILES string of the molecule is O=C(O)COc1ccc(S(=O)(=O)NC2CCCOC2)cc1. The van der Waals surface area contributed by atoms with Gasteiger partial charge >= 0.3 is 5.97 Å². The first-order valence-electron chi connectivity index (χ1n) is 6.52. The van der Waals surface area contributed by atoms with Crippen molar-refractivity contribution in [2.45, 2.75) is 23.8 Å². The molecular weight excluding hydrogens is 298 g/mol. The maximum absolute atomic E-state index is 12.2. The van der Waals surface area contributed by atoms with E-state index in [9.17, 15) is 13.2 Å². The Morgan fingerprint density at radius 1 is 1.38 bits per heavy atom. The largest absolute Gasteiger partial charge is 0.482 e. The van der Waals surface area contributed by atoms with Crippen molar-refractivity contribution < 1.29 is 27.8 Å². The van der Waals surface area contributed by atoms with E-state index in [1.165, 1.54) is 24.3 Å². The van der Waals surface area contributed by atoms with Crippen molar-refractivity contribution in [1.29, 1.82) is 0 Å². The quantitative estimate of drug-likeness (QED) is 0.797. The molecule has 0 saturated carbocycles. The Kier molecular flexibility index (Phi) is 5.16. The van der Waals surface area contributed by atoms with Crippen molar-refractivity contribution in [3.63, 3.8) is 0 Å². The summed E-state index contributed by atoms with van der Waals surface area (Å²) >= 11 is 0. The summed E-state index contributed by atoms with van der Waals surface area (Å²) in [7, 11) is -3.61. The molecule has 0 bridgehead atoms. The topological polar surface area (TPSA) is 102 Å². The van der Waals surface area contributed by atoms with Crippen LogP contribution in [-0.4, -0.2) is 45.4 Å². The summed E-state index contributed by atoms with van der Waals surface area (Å²) in [5.41, 5.74) is 0. The minimum Gasteiger partial charge on any atom is -0.482 e. The highest BCUT2D eigenvalue weighted by atomic mass is 32.2. The first kappa shape index (κ1) is 15.7. The molecule has 1 fully saturated rings. The number of hydrogen-bond donors (Lipinski definition) is 2. The fraction of sp³-hybridized carbons (Fsp3) is 0.462. The molecule has 0 amide bonds. The zero-order chi connectivity index (χ0) is 15.3. The summed E-state index contributed by atoms with van der Waals surface area (Å²) < 4.78 is 37.1. The molecule has 1 aromatic rings. The van der Waals surface area contributed by atoms with Crippen LogP contribution in [0.5, 0.6) is 5.75 Å². The molecule has 0 spiro atoms. The third kappa shape index (κ3) is 4.69. The van der Waals surface area contributed by atoms with E-state index >= 15 is 0 Å². The van der Waals surface area contributed by atoms with E-state index in [0.29, 0.717) is 19.0 Å². The van der Waals surface area contributed by atoms with Gasteiger partial charge in [0.2, 0.25) is 10.0 Å². The standard InChI is InChI=1S/C13H17NO6S/c15-13(16)9-20-11-3-5-12(6-4-11)21(17,18)14-10-2-1-7-19-8-10/h3-6,10,14H,1-2,7-9H2,(H,15,16). The lowest BCUT2D eigenvalue weighted by molar-refractivity contribution is -0.139. The molecule has 0 aliphatic carbocycles. The van der Waals surface area contributed by atoms with Gasteiger partial charge in [0.05, 0.1) is 11.5 Å². The van der Waals surface area contributed by atoms with Crippen LogP contribution in [0.25, 0.3) is 0 Å². The van der Waals surface area contributed by atoms with Crippen LogP contribution in [0.1, 0.15) is 12.8 Å². The van der Waals surface area contributed by atoms with Crippen molar-refractivity contribution in [2.75, 3.05) is 19.8 Å². The molecule has 1 aliphatic rings. The lowest BCUT2D eigenvalue weighted by Crippen LogP contribution is -2.40. The van der Waals surface area contributed by atoms with Gasteiger partial charge in [0, 0.05) is 12.6 Å². The van der Waals surface area contributed by atoms with E-state index in [4.69, 9.17) is 14.6 Å². The van der Waals surface area contributed by atoms with Gasteiger partial charge < -0.3 is 14.6 Å². The Morgan fingerprint density at radius 2 is 2.10 bits per heavy atom. The lowest BCUT2D eigenvalue weighted by Gasteiger charge is -2.22.